The third-order valence-corrected chi connectivity index (χ3v) is 3.03. The predicted octanol–water partition coefficient (Wildman–Crippen LogP) is 3.04. The normalized spacial score (nSPS) is 13.3. The van der Waals surface area contributed by atoms with E-state index in [1.165, 1.54) is 18.2 Å². The van der Waals surface area contributed by atoms with Gasteiger partial charge in [0.05, 0.1) is 17.6 Å². The van der Waals surface area contributed by atoms with E-state index in [0.717, 1.165) is 12.8 Å². The highest BCUT2D eigenvalue weighted by Gasteiger charge is 2.16. The van der Waals surface area contributed by atoms with Gasteiger partial charge in [-0.25, -0.2) is 0 Å². The van der Waals surface area contributed by atoms with E-state index < -0.39 is 10.5 Å². The molecule has 0 aromatic heterocycles. The molecule has 0 fully saturated rings. The van der Waals surface area contributed by atoms with Crippen LogP contribution < -0.4 is 10.5 Å². The first-order valence-electron chi connectivity index (χ1n) is 6.12. The fourth-order valence-electron chi connectivity index (χ4n) is 1.57. The molecule has 20 heavy (non-hydrogen) atoms. The number of hydrogen-bond donors (Lipinski definition) is 1. The average Bonchev–Trinajstić information content (AvgIpc) is 2.38. The highest BCUT2D eigenvalue weighted by molar-refractivity contribution is 6.32. The Kier molecular flexibility index (Phi) is 5.74. The lowest BCUT2D eigenvalue weighted by atomic mass is 9.98. The van der Waals surface area contributed by atoms with Crippen LogP contribution >= 0.6 is 11.6 Å². The van der Waals surface area contributed by atoms with Crippen molar-refractivity contribution in [3.63, 3.8) is 0 Å². The minimum atomic E-state index is -0.809. The van der Waals surface area contributed by atoms with Gasteiger partial charge in [-0.3, -0.25) is 10.1 Å². The topological polar surface area (TPSA) is 102 Å². The van der Waals surface area contributed by atoms with Crippen LogP contribution in [0.25, 0.3) is 0 Å². The number of nitro groups is 1. The van der Waals surface area contributed by atoms with Gasteiger partial charge < -0.3 is 10.5 Å². The summed E-state index contributed by atoms with van der Waals surface area (Å²) in [6.45, 7) is 2.12. The fraction of sp³-hybridized carbons (Fsp3) is 0.462. The highest BCUT2D eigenvalue weighted by atomic mass is 35.5. The number of nitro benzene ring substituents is 1. The first-order chi connectivity index (χ1) is 9.35. The van der Waals surface area contributed by atoms with Gasteiger partial charge in [-0.15, -0.1) is 0 Å². The molecule has 2 N–H and O–H groups in total. The third-order valence-electron chi connectivity index (χ3n) is 2.73. The summed E-state index contributed by atoms with van der Waals surface area (Å²) in [4.78, 5) is 10.1. The molecule has 0 radical (unpaired) electrons. The molecule has 0 aliphatic carbocycles. The SMILES string of the molecule is CC(N)(C#N)CCCCOc1ccc([N+](=O)[O-])c(Cl)c1. The van der Waals surface area contributed by atoms with Crippen LogP contribution in [0.2, 0.25) is 5.02 Å². The minimum absolute atomic E-state index is 0.0477. The monoisotopic (exact) mass is 297 g/mol. The van der Waals surface area contributed by atoms with Gasteiger partial charge in [-0.05, 0) is 32.3 Å². The Morgan fingerprint density at radius 2 is 2.25 bits per heavy atom. The standard InChI is InChI=1S/C13H16ClN3O3/c1-13(16,9-15)6-2-3-7-20-10-4-5-12(17(18)19)11(14)8-10/h4-5,8H,2-3,6-7,16H2,1H3. The maximum absolute atomic E-state index is 10.6. The Morgan fingerprint density at radius 1 is 1.55 bits per heavy atom. The molecule has 0 heterocycles. The minimum Gasteiger partial charge on any atom is -0.494 e. The Morgan fingerprint density at radius 3 is 2.80 bits per heavy atom. The molecular weight excluding hydrogens is 282 g/mol. The molecule has 0 spiro atoms. The number of nitrogens with two attached hydrogens (primary N) is 1. The number of benzene rings is 1. The third kappa shape index (κ3) is 5.03. The summed E-state index contributed by atoms with van der Waals surface area (Å²) in [5.74, 6) is 0.483. The molecule has 0 bridgehead atoms. The van der Waals surface area contributed by atoms with E-state index in [1.54, 1.807) is 6.92 Å². The maximum Gasteiger partial charge on any atom is 0.288 e. The molecule has 1 aromatic rings. The molecule has 108 valence electrons. The number of halogens is 1. The Bertz CT molecular complexity index is 526. The molecule has 6 nitrogen and oxygen atoms in total. The van der Waals surface area contributed by atoms with Crippen molar-refractivity contribution < 1.29 is 9.66 Å². The van der Waals surface area contributed by atoms with Gasteiger partial charge in [0.15, 0.2) is 0 Å². The Labute approximate surface area is 122 Å². The van der Waals surface area contributed by atoms with Crippen LogP contribution in [0.1, 0.15) is 26.2 Å². The smallest absolute Gasteiger partial charge is 0.288 e. The van der Waals surface area contributed by atoms with Crippen LogP contribution in [0.15, 0.2) is 18.2 Å². The zero-order valence-electron chi connectivity index (χ0n) is 11.1. The second-order valence-electron chi connectivity index (χ2n) is 4.71. The van der Waals surface area contributed by atoms with Crippen molar-refractivity contribution in [2.45, 2.75) is 31.7 Å². The molecule has 0 aliphatic heterocycles. The number of unbranched alkanes of at least 4 members (excludes halogenated alkanes) is 1. The van der Waals surface area contributed by atoms with Gasteiger partial charge >= 0.3 is 0 Å². The summed E-state index contributed by atoms with van der Waals surface area (Å²) in [7, 11) is 0. The average molecular weight is 298 g/mol. The van der Waals surface area contributed by atoms with Crippen LogP contribution in [-0.2, 0) is 0 Å². The van der Waals surface area contributed by atoms with E-state index in [4.69, 9.17) is 27.3 Å². The number of hydrogen-bond acceptors (Lipinski definition) is 5. The molecule has 1 unspecified atom stereocenters. The van der Waals surface area contributed by atoms with Crippen LogP contribution in [0.3, 0.4) is 0 Å². The molecular formula is C13H16ClN3O3. The van der Waals surface area contributed by atoms with E-state index in [2.05, 4.69) is 0 Å². The van der Waals surface area contributed by atoms with Crippen molar-refractivity contribution in [3.05, 3.63) is 33.3 Å². The van der Waals surface area contributed by atoms with E-state index in [1.807, 2.05) is 6.07 Å². The quantitative estimate of drug-likeness (QED) is 0.473. The molecule has 1 atom stereocenters. The lowest BCUT2D eigenvalue weighted by Crippen LogP contribution is -2.33. The summed E-state index contributed by atoms with van der Waals surface area (Å²) in [5, 5.41) is 19.4. The largest absolute Gasteiger partial charge is 0.494 e. The van der Waals surface area contributed by atoms with Gasteiger partial charge in [0.25, 0.3) is 5.69 Å². The number of rotatable bonds is 7. The van der Waals surface area contributed by atoms with Crippen LogP contribution in [-0.4, -0.2) is 17.1 Å². The molecule has 7 heteroatoms. The molecule has 0 saturated carbocycles. The fourth-order valence-corrected chi connectivity index (χ4v) is 1.81. The summed E-state index contributed by atoms with van der Waals surface area (Å²) in [6, 6.07) is 6.26. The van der Waals surface area contributed by atoms with E-state index >= 15 is 0 Å². The lowest BCUT2D eigenvalue weighted by Gasteiger charge is -2.14. The van der Waals surface area contributed by atoms with Gasteiger partial charge in [0.2, 0.25) is 0 Å². The molecule has 0 amide bonds. The van der Waals surface area contributed by atoms with Crippen LogP contribution in [0.4, 0.5) is 5.69 Å². The molecule has 1 aromatic carbocycles. The first kappa shape index (κ1) is 16.2. The van der Waals surface area contributed by atoms with Crippen molar-refractivity contribution in [1.82, 2.24) is 0 Å². The summed E-state index contributed by atoms with van der Waals surface area (Å²) in [5.41, 5.74) is 4.74. The van der Waals surface area contributed by atoms with Gasteiger partial charge in [-0.1, -0.05) is 11.6 Å². The van der Waals surface area contributed by atoms with Gasteiger partial charge in [0, 0.05) is 12.1 Å². The Balaban J connectivity index is 2.38. The van der Waals surface area contributed by atoms with E-state index in [-0.39, 0.29) is 10.7 Å². The predicted molar refractivity (Wildman–Crippen MR) is 75.7 cm³/mol. The van der Waals surface area contributed by atoms with Gasteiger partial charge in [-0.2, -0.15) is 5.26 Å². The van der Waals surface area contributed by atoms with Crippen molar-refractivity contribution in [2.75, 3.05) is 6.61 Å². The van der Waals surface area contributed by atoms with Crippen LogP contribution in [0.5, 0.6) is 5.75 Å². The van der Waals surface area contributed by atoms with Crippen molar-refractivity contribution >= 4 is 17.3 Å². The summed E-state index contributed by atoms with van der Waals surface area (Å²) < 4.78 is 5.44. The number of ether oxygens (including phenoxy) is 1. The van der Waals surface area contributed by atoms with Gasteiger partial charge in [0.1, 0.15) is 16.3 Å². The second-order valence-corrected chi connectivity index (χ2v) is 5.11. The number of nitriles is 1. The molecule has 0 saturated heterocycles. The maximum atomic E-state index is 10.6. The zero-order valence-corrected chi connectivity index (χ0v) is 11.9. The van der Waals surface area contributed by atoms with Crippen LogP contribution in [0, 0.1) is 21.4 Å². The summed E-state index contributed by atoms with van der Waals surface area (Å²) >= 11 is 5.77. The molecule has 0 aliphatic rings. The Hall–Kier alpha value is -1.84. The molecule has 1 rings (SSSR count). The van der Waals surface area contributed by atoms with Crippen molar-refractivity contribution in [3.8, 4) is 11.8 Å². The zero-order chi connectivity index (χ0) is 15.2. The van der Waals surface area contributed by atoms with Crippen molar-refractivity contribution in [1.29, 1.82) is 5.26 Å². The first-order valence-corrected chi connectivity index (χ1v) is 6.50. The lowest BCUT2D eigenvalue weighted by molar-refractivity contribution is -0.384. The number of nitrogens with zero attached hydrogens (tertiary/aromatic N) is 2. The van der Waals surface area contributed by atoms with E-state index in [0.29, 0.717) is 18.8 Å². The van der Waals surface area contributed by atoms with E-state index in [9.17, 15) is 10.1 Å². The summed E-state index contributed by atoms with van der Waals surface area (Å²) in [6.07, 6.45) is 2.10. The second kappa shape index (κ2) is 7.08. The highest BCUT2D eigenvalue weighted by Crippen LogP contribution is 2.28. The van der Waals surface area contributed by atoms with Crippen molar-refractivity contribution in [2.24, 2.45) is 5.73 Å².